The van der Waals surface area contributed by atoms with Crippen molar-refractivity contribution in [1.82, 2.24) is 14.9 Å². The van der Waals surface area contributed by atoms with Crippen LogP contribution < -0.4 is 4.90 Å². The lowest BCUT2D eigenvalue weighted by Gasteiger charge is -2.38. The molecule has 28 heavy (non-hydrogen) atoms. The minimum Gasteiger partial charge on any atom is -0.395 e. The Balaban J connectivity index is 1.62. The molecule has 1 N–H and O–H groups in total. The van der Waals surface area contributed by atoms with Crippen molar-refractivity contribution in [2.24, 2.45) is 0 Å². The molecule has 0 saturated carbocycles. The first-order valence-corrected chi connectivity index (χ1v) is 10.8. The van der Waals surface area contributed by atoms with Crippen LogP contribution in [0.1, 0.15) is 36.9 Å². The predicted octanol–water partition coefficient (Wildman–Crippen LogP) is 3.57. The third-order valence-corrected chi connectivity index (χ3v) is 6.32. The molecule has 4 rings (SSSR count). The molecule has 5 nitrogen and oxygen atoms in total. The van der Waals surface area contributed by atoms with Crippen LogP contribution in [0.3, 0.4) is 0 Å². The Morgan fingerprint density at radius 3 is 2.71 bits per heavy atom. The van der Waals surface area contributed by atoms with Crippen molar-refractivity contribution in [2.45, 2.75) is 44.6 Å². The summed E-state index contributed by atoms with van der Waals surface area (Å²) >= 11 is 6.21. The average Bonchev–Trinajstić information content (AvgIpc) is 2.73. The van der Waals surface area contributed by atoms with E-state index in [1.54, 1.807) is 0 Å². The quantitative estimate of drug-likeness (QED) is 0.831. The van der Waals surface area contributed by atoms with E-state index in [-0.39, 0.29) is 6.61 Å². The Labute approximate surface area is 172 Å². The maximum absolute atomic E-state index is 9.21. The van der Waals surface area contributed by atoms with Gasteiger partial charge in [-0.05, 0) is 57.7 Å². The molecule has 1 aromatic heterocycles. The van der Waals surface area contributed by atoms with Gasteiger partial charge in [-0.2, -0.15) is 0 Å². The van der Waals surface area contributed by atoms with Crippen molar-refractivity contribution >= 4 is 17.4 Å². The van der Waals surface area contributed by atoms with Crippen LogP contribution in [0.25, 0.3) is 11.4 Å². The van der Waals surface area contributed by atoms with Gasteiger partial charge in [0.1, 0.15) is 5.82 Å². The van der Waals surface area contributed by atoms with Gasteiger partial charge in [-0.3, -0.25) is 0 Å². The van der Waals surface area contributed by atoms with E-state index in [1.807, 2.05) is 24.3 Å². The van der Waals surface area contributed by atoms with Crippen molar-refractivity contribution in [3.8, 4) is 11.4 Å². The summed E-state index contributed by atoms with van der Waals surface area (Å²) in [5.41, 5.74) is 3.55. The summed E-state index contributed by atoms with van der Waals surface area (Å²) in [6.07, 6.45) is 6.73. The summed E-state index contributed by atoms with van der Waals surface area (Å²) in [6.45, 7) is 2.96. The van der Waals surface area contributed by atoms with Gasteiger partial charge in [-0.1, -0.05) is 23.7 Å². The molecule has 2 aliphatic rings. The highest BCUT2D eigenvalue weighted by atomic mass is 35.5. The van der Waals surface area contributed by atoms with Gasteiger partial charge in [0.15, 0.2) is 5.82 Å². The largest absolute Gasteiger partial charge is 0.395 e. The lowest BCUT2D eigenvalue weighted by atomic mass is 9.94. The van der Waals surface area contributed by atoms with Gasteiger partial charge >= 0.3 is 0 Å². The van der Waals surface area contributed by atoms with E-state index < -0.39 is 0 Å². The summed E-state index contributed by atoms with van der Waals surface area (Å²) in [7, 11) is 2.11. The molecule has 0 amide bonds. The number of benzene rings is 1. The number of anilines is 1. The van der Waals surface area contributed by atoms with Gasteiger partial charge in [0, 0.05) is 47.5 Å². The number of aryl methyl sites for hydroxylation is 1. The van der Waals surface area contributed by atoms with Crippen molar-refractivity contribution in [3.63, 3.8) is 0 Å². The standard InChI is InChI=1S/C22H29ClN4O/c1-26(13-14-28)18-9-11-27(12-10-18)22-19-7-2-3-8-20(19)24-21(25-22)16-5-4-6-17(23)15-16/h4-6,15,18,28H,2-3,7-14H2,1H3. The normalized spacial score (nSPS) is 17.8. The number of aliphatic hydroxyl groups excluding tert-OH is 1. The van der Waals surface area contributed by atoms with Crippen LogP contribution in [-0.4, -0.2) is 59.3 Å². The molecule has 0 radical (unpaired) electrons. The molecule has 1 aliphatic carbocycles. The van der Waals surface area contributed by atoms with Gasteiger partial charge < -0.3 is 14.9 Å². The number of hydrogen-bond acceptors (Lipinski definition) is 5. The van der Waals surface area contributed by atoms with Crippen LogP contribution in [0.15, 0.2) is 24.3 Å². The highest BCUT2D eigenvalue weighted by Crippen LogP contribution is 2.33. The minimum atomic E-state index is 0.221. The Morgan fingerprint density at radius 1 is 1.18 bits per heavy atom. The number of halogens is 1. The molecule has 1 fully saturated rings. The van der Waals surface area contributed by atoms with Crippen LogP contribution in [0.2, 0.25) is 5.02 Å². The topological polar surface area (TPSA) is 52.5 Å². The second-order valence-electron chi connectivity index (χ2n) is 7.94. The lowest BCUT2D eigenvalue weighted by molar-refractivity contribution is 0.161. The van der Waals surface area contributed by atoms with Crippen molar-refractivity contribution in [2.75, 3.05) is 38.2 Å². The van der Waals surface area contributed by atoms with E-state index in [1.165, 1.54) is 24.1 Å². The zero-order valence-corrected chi connectivity index (χ0v) is 17.3. The highest BCUT2D eigenvalue weighted by Gasteiger charge is 2.27. The molecule has 1 saturated heterocycles. The molecule has 0 spiro atoms. The van der Waals surface area contributed by atoms with Gasteiger partial charge in [0.05, 0.1) is 6.61 Å². The van der Waals surface area contributed by atoms with Crippen molar-refractivity contribution in [3.05, 3.63) is 40.5 Å². The summed E-state index contributed by atoms with van der Waals surface area (Å²) < 4.78 is 0. The number of hydrogen-bond donors (Lipinski definition) is 1. The molecular weight excluding hydrogens is 372 g/mol. The third kappa shape index (κ3) is 4.17. The number of likely N-dealkylation sites (N-methyl/N-ethyl adjacent to an activating group) is 1. The zero-order chi connectivity index (χ0) is 19.5. The third-order valence-electron chi connectivity index (χ3n) is 6.08. The van der Waals surface area contributed by atoms with E-state index in [4.69, 9.17) is 21.6 Å². The Bertz CT molecular complexity index is 820. The fourth-order valence-corrected chi connectivity index (χ4v) is 4.64. The van der Waals surface area contributed by atoms with E-state index >= 15 is 0 Å². The van der Waals surface area contributed by atoms with E-state index in [0.717, 1.165) is 62.5 Å². The maximum Gasteiger partial charge on any atom is 0.161 e. The maximum atomic E-state index is 9.21. The first-order chi connectivity index (χ1) is 13.7. The van der Waals surface area contributed by atoms with Crippen LogP contribution in [0.4, 0.5) is 5.82 Å². The molecular formula is C22H29ClN4O. The fraction of sp³-hybridized carbons (Fsp3) is 0.545. The number of aliphatic hydroxyl groups is 1. The Hall–Kier alpha value is -1.69. The Morgan fingerprint density at radius 2 is 1.96 bits per heavy atom. The van der Waals surface area contributed by atoms with Gasteiger partial charge in [-0.25, -0.2) is 9.97 Å². The second kappa shape index (κ2) is 8.76. The molecule has 0 atom stereocenters. The summed E-state index contributed by atoms with van der Waals surface area (Å²) in [4.78, 5) is 14.7. The molecule has 150 valence electrons. The highest BCUT2D eigenvalue weighted by molar-refractivity contribution is 6.30. The van der Waals surface area contributed by atoms with E-state index in [9.17, 15) is 5.11 Å². The van der Waals surface area contributed by atoms with Crippen LogP contribution >= 0.6 is 11.6 Å². The van der Waals surface area contributed by atoms with Gasteiger partial charge in [0.2, 0.25) is 0 Å². The molecule has 0 unspecified atom stereocenters. The molecule has 0 bridgehead atoms. The molecule has 6 heteroatoms. The Kier molecular flexibility index (Phi) is 6.14. The fourth-order valence-electron chi connectivity index (χ4n) is 4.45. The number of rotatable bonds is 5. The first kappa shape index (κ1) is 19.6. The van der Waals surface area contributed by atoms with Gasteiger partial charge in [-0.15, -0.1) is 0 Å². The second-order valence-corrected chi connectivity index (χ2v) is 8.37. The summed E-state index contributed by atoms with van der Waals surface area (Å²) in [5.74, 6) is 1.92. The SMILES string of the molecule is CN(CCO)C1CCN(c2nc(-c3cccc(Cl)c3)nc3c2CCCC3)CC1. The van der Waals surface area contributed by atoms with Crippen LogP contribution in [0, 0.1) is 0 Å². The number of nitrogens with zero attached hydrogens (tertiary/aromatic N) is 4. The molecule has 2 aromatic rings. The zero-order valence-electron chi connectivity index (χ0n) is 16.6. The number of fused-ring (bicyclic) bond motifs is 1. The van der Waals surface area contributed by atoms with Gasteiger partial charge in [0.25, 0.3) is 0 Å². The first-order valence-electron chi connectivity index (χ1n) is 10.4. The lowest BCUT2D eigenvalue weighted by Crippen LogP contribution is -2.45. The molecule has 1 aliphatic heterocycles. The summed E-state index contributed by atoms with van der Waals surface area (Å²) in [5, 5.41) is 9.93. The van der Waals surface area contributed by atoms with E-state index in [0.29, 0.717) is 11.1 Å². The number of aromatic nitrogens is 2. The molecule has 2 heterocycles. The molecule has 1 aromatic carbocycles. The smallest absolute Gasteiger partial charge is 0.161 e. The van der Waals surface area contributed by atoms with E-state index in [2.05, 4.69) is 16.8 Å². The minimum absolute atomic E-state index is 0.221. The van der Waals surface area contributed by atoms with Crippen LogP contribution in [0.5, 0.6) is 0 Å². The predicted molar refractivity (Wildman–Crippen MR) is 114 cm³/mol. The monoisotopic (exact) mass is 400 g/mol. The average molecular weight is 401 g/mol. The summed E-state index contributed by atoms with van der Waals surface area (Å²) in [6, 6.07) is 8.37. The van der Waals surface area contributed by atoms with Crippen molar-refractivity contribution < 1.29 is 5.11 Å². The van der Waals surface area contributed by atoms with Crippen molar-refractivity contribution in [1.29, 1.82) is 0 Å². The van der Waals surface area contributed by atoms with Crippen LogP contribution in [-0.2, 0) is 12.8 Å². The number of piperidine rings is 1.